The summed E-state index contributed by atoms with van der Waals surface area (Å²) in [6.07, 6.45) is 20.5. The molecule has 5 nitrogen and oxygen atoms in total. The number of carbonyl (C=O) groups excluding carboxylic acids is 2. The van der Waals surface area contributed by atoms with Crippen molar-refractivity contribution in [2.45, 2.75) is 150 Å². The topological polar surface area (TPSA) is 64.6 Å². The summed E-state index contributed by atoms with van der Waals surface area (Å²) >= 11 is 0. The van der Waals surface area contributed by atoms with Gasteiger partial charge in [-0.05, 0) is 18.3 Å². The number of amides is 1. The normalized spacial score (nSPS) is 12.4. The van der Waals surface area contributed by atoms with E-state index in [-0.39, 0.29) is 11.4 Å². The molecule has 0 aromatic rings. The van der Waals surface area contributed by atoms with Crippen LogP contribution >= 0.6 is 0 Å². The molecule has 1 N–H and O–H groups in total. The minimum absolute atomic E-state index is 0.106. The lowest BCUT2D eigenvalue weighted by molar-refractivity contribution is -0.146. The standard InChI is InChI=1S/C28H55NO4/c1-6-8-9-10-11-12-13-14-15-16-17-18-19-20-21-23-32-26(30)25(22-7-2)29-27(31)33-24-28(3,4)5/h25H,6-24H2,1-5H3,(H,29,31). The van der Waals surface area contributed by atoms with E-state index < -0.39 is 12.1 Å². The highest BCUT2D eigenvalue weighted by molar-refractivity contribution is 5.81. The molecular formula is C28H55NO4. The first kappa shape index (κ1) is 31.7. The second kappa shape index (κ2) is 21.3. The average molecular weight is 470 g/mol. The first-order chi connectivity index (χ1) is 15.8. The third kappa shape index (κ3) is 22.3. The van der Waals surface area contributed by atoms with E-state index in [1.165, 1.54) is 83.5 Å². The number of carbonyl (C=O) groups is 2. The van der Waals surface area contributed by atoms with Crippen molar-refractivity contribution in [3.63, 3.8) is 0 Å². The molecule has 0 radical (unpaired) electrons. The molecule has 0 aliphatic rings. The van der Waals surface area contributed by atoms with Crippen molar-refractivity contribution in [1.82, 2.24) is 5.32 Å². The van der Waals surface area contributed by atoms with Gasteiger partial charge in [0.05, 0.1) is 13.2 Å². The number of alkyl carbamates (subject to hydrolysis) is 1. The van der Waals surface area contributed by atoms with Crippen LogP contribution in [0.25, 0.3) is 0 Å². The van der Waals surface area contributed by atoms with Crippen LogP contribution in [0.3, 0.4) is 0 Å². The number of hydrogen-bond acceptors (Lipinski definition) is 4. The monoisotopic (exact) mass is 469 g/mol. The molecule has 0 saturated carbocycles. The van der Waals surface area contributed by atoms with Gasteiger partial charge in [-0.3, -0.25) is 0 Å². The lowest BCUT2D eigenvalue weighted by Crippen LogP contribution is -2.42. The van der Waals surface area contributed by atoms with Crippen LogP contribution in [0.5, 0.6) is 0 Å². The van der Waals surface area contributed by atoms with E-state index in [2.05, 4.69) is 12.2 Å². The van der Waals surface area contributed by atoms with E-state index in [0.29, 0.717) is 19.6 Å². The Labute approximate surface area is 205 Å². The van der Waals surface area contributed by atoms with Gasteiger partial charge < -0.3 is 14.8 Å². The number of unbranched alkanes of at least 4 members (excludes halogenated alkanes) is 14. The summed E-state index contributed by atoms with van der Waals surface area (Å²) in [5, 5.41) is 2.66. The van der Waals surface area contributed by atoms with Crippen molar-refractivity contribution in [1.29, 1.82) is 0 Å². The summed E-state index contributed by atoms with van der Waals surface area (Å²) in [5.74, 6) is -0.352. The van der Waals surface area contributed by atoms with E-state index in [4.69, 9.17) is 9.47 Å². The number of nitrogens with one attached hydrogen (secondary N) is 1. The van der Waals surface area contributed by atoms with Crippen molar-refractivity contribution in [3.8, 4) is 0 Å². The Morgan fingerprint density at radius 1 is 0.667 bits per heavy atom. The van der Waals surface area contributed by atoms with Gasteiger partial charge in [0.25, 0.3) is 0 Å². The van der Waals surface area contributed by atoms with Crippen LogP contribution in [-0.2, 0) is 14.3 Å². The van der Waals surface area contributed by atoms with Gasteiger partial charge in [0.1, 0.15) is 6.04 Å². The van der Waals surface area contributed by atoms with Crippen LogP contribution in [0.4, 0.5) is 4.79 Å². The molecule has 0 aliphatic carbocycles. The molecular weight excluding hydrogens is 414 g/mol. The molecule has 0 aromatic heterocycles. The van der Waals surface area contributed by atoms with Crippen LogP contribution in [0.15, 0.2) is 0 Å². The van der Waals surface area contributed by atoms with Gasteiger partial charge >= 0.3 is 12.1 Å². The van der Waals surface area contributed by atoms with E-state index in [1.807, 2.05) is 27.7 Å². The Bertz CT molecular complexity index is 473. The third-order valence-electron chi connectivity index (χ3n) is 5.78. The summed E-state index contributed by atoms with van der Waals surface area (Å²) < 4.78 is 10.6. The molecule has 1 unspecified atom stereocenters. The minimum atomic E-state index is -0.626. The van der Waals surface area contributed by atoms with Gasteiger partial charge in [0.15, 0.2) is 0 Å². The SMILES string of the molecule is CCCCCCCCCCCCCCCCCOC(=O)C(CCC)NC(=O)OCC(C)(C)C. The molecule has 1 atom stereocenters. The van der Waals surface area contributed by atoms with Crippen molar-refractivity contribution in [2.24, 2.45) is 5.41 Å². The Morgan fingerprint density at radius 2 is 1.12 bits per heavy atom. The summed E-state index contributed by atoms with van der Waals surface area (Å²) in [5.41, 5.74) is -0.106. The maximum absolute atomic E-state index is 12.3. The van der Waals surface area contributed by atoms with Crippen molar-refractivity contribution < 1.29 is 19.1 Å². The lowest BCUT2D eigenvalue weighted by atomic mass is 9.99. The highest BCUT2D eigenvalue weighted by Gasteiger charge is 2.23. The molecule has 5 heteroatoms. The quantitative estimate of drug-likeness (QED) is 0.135. The largest absolute Gasteiger partial charge is 0.464 e. The molecule has 0 spiro atoms. The summed E-state index contributed by atoms with van der Waals surface area (Å²) in [6, 6.07) is -0.626. The third-order valence-corrected chi connectivity index (χ3v) is 5.78. The zero-order chi connectivity index (χ0) is 24.8. The van der Waals surface area contributed by atoms with E-state index in [9.17, 15) is 9.59 Å². The van der Waals surface area contributed by atoms with E-state index >= 15 is 0 Å². The fraction of sp³-hybridized carbons (Fsp3) is 0.929. The number of hydrogen-bond donors (Lipinski definition) is 1. The first-order valence-electron chi connectivity index (χ1n) is 13.9. The second-order valence-corrected chi connectivity index (χ2v) is 10.7. The lowest BCUT2D eigenvalue weighted by Gasteiger charge is -2.20. The van der Waals surface area contributed by atoms with Crippen LogP contribution in [0.1, 0.15) is 144 Å². The fourth-order valence-electron chi connectivity index (χ4n) is 3.75. The average Bonchev–Trinajstić information content (AvgIpc) is 2.76. The van der Waals surface area contributed by atoms with E-state index in [0.717, 1.165) is 19.3 Å². The molecule has 0 saturated heterocycles. The first-order valence-corrected chi connectivity index (χ1v) is 13.9. The number of rotatable bonds is 21. The molecule has 1 amide bonds. The van der Waals surface area contributed by atoms with Crippen LogP contribution < -0.4 is 5.32 Å². The molecule has 0 fully saturated rings. The summed E-state index contributed by atoms with van der Waals surface area (Å²) in [6.45, 7) is 11.0. The van der Waals surface area contributed by atoms with Crippen LogP contribution in [0.2, 0.25) is 0 Å². The van der Waals surface area contributed by atoms with Gasteiger partial charge in [-0.2, -0.15) is 0 Å². The Balaban J connectivity index is 3.65. The van der Waals surface area contributed by atoms with E-state index in [1.54, 1.807) is 0 Å². The fourth-order valence-corrected chi connectivity index (χ4v) is 3.75. The Kier molecular flexibility index (Phi) is 20.5. The smallest absolute Gasteiger partial charge is 0.407 e. The summed E-state index contributed by atoms with van der Waals surface area (Å²) in [4.78, 5) is 24.3. The molecule has 0 aromatic carbocycles. The molecule has 33 heavy (non-hydrogen) atoms. The molecule has 196 valence electrons. The van der Waals surface area contributed by atoms with Crippen molar-refractivity contribution in [2.75, 3.05) is 13.2 Å². The molecule has 0 rings (SSSR count). The predicted octanol–water partition coefficient (Wildman–Crippen LogP) is 8.34. The molecule has 0 heterocycles. The van der Waals surface area contributed by atoms with Gasteiger partial charge in [-0.15, -0.1) is 0 Å². The zero-order valence-electron chi connectivity index (χ0n) is 22.6. The summed E-state index contributed by atoms with van der Waals surface area (Å²) in [7, 11) is 0. The van der Waals surface area contributed by atoms with Crippen LogP contribution in [0, 0.1) is 5.41 Å². The highest BCUT2D eigenvalue weighted by atomic mass is 16.6. The Hall–Kier alpha value is -1.26. The second-order valence-electron chi connectivity index (χ2n) is 10.7. The van der Waals surface area contributed by atoms with Crippen LogP contribution in [-0.4, -0.2) is 31.3 Å². The van der Waals surface area contributed by atoms with Crippen molar-refractivity contribution in [3.05, 3.63) is 0 Å². The van der Waals surface area contributed by atoms with Gasteiger partial charge in [0, 0.05) is 0 Å². The predicted molar refractivity (Wildman–Crippen MR) is 139 cm³/mol. The maximum Gasteiger partial charge on any atom is 0.407 e. The van der Waals surface area contributed by atoms with Gasteiger partial charge in [-0.25, -0.2) is 9.59 Å². The Morgan fingerprint density at radius 3 is 1.55 bits per heavy atom. The number of ether oxygens (including phenoxy) is 2. The van der Waals surface area contributed by atoms with Gasteiger partial charge in [-0.1, -0.05) is 131 Å². The molecule has 0 bridgehead atoms. The zero-order valence-corrected chi connectivity index (χ0v) is 22.6. The van der Waals surface area contributed by atoms with Crippen molar-refractivity contribution >= 4 is 12.1 Å². The maximum atomic E-state index is 12.3. The minimum Gasteiger partial charge on any atom is -0.464 e. The van der Waals surface area contributed by atoms with Gasteiger partial charge in [0.2, 0.25) is 0 Å². The molecule has 0 aliphatic heterocycles. The number of esters is 1. The highest BCUT2D eigenvalue weighted by Crippen LogP contribution is 2.14.